The Balaban J connectivity index is 1.44. The Bertz CT molecular complexity index is 1070. The smallest absolute Gasteiger partial charge is 0.248 e. The molecule has 1 saturated heterocycles. The summed E-state index contributed by atoms with van der Waals surface area (Å²) in [7, 11) is 1.55. The second-order valence-corrected chi connectivity index (χ2v) is 8.03. The summed E-state index contributed by atoms with van der Waals surface area (Å²) in [4.78, 5) is 22.8. The molecule has 0 atom stereocenters. The van der Waals surface area contributed by atoms with E-state index in [1.165, 1.54) is 16.9 Å². The molecule has 0 saturated carbocycles. The number of piperidine rings is 1. The first-order chi connectivity index (χ1) is 14.2. The second kappa shape index (κ2) is 8.55. The molecule has 0 radical (unpaired) electrons. The number of anilines is 2. The minimum Gasteiger partial charge on any atom is -0.375 e. The summed E-state index contributed by atoms with van der Waals surface area (Å²) in [5.41, 5.74) is 2.71. The molecule has 1 aromatic carbocycles. The van der Waals surface area contributed by atoms with E-state index in [4.69, 9.17) is 10.00 Å². The van der Waals surface area contributed by atoms with Crippen LogP contribution >= 0.6 is 11.3 Å². The fraction of sp³-hybridized carbons (Fsp3) is 0.333. The van der Waals surface area contributed by atoms with Crippen molar-refractivity contribution < 1.29 is 9.53 Å². The largest absolute Gasteiger partial charge is 0.375 e. The lowest BCUT2D eigenvalue weighted by atomic mass is 9.90. The number of benzene rings is 1. The summed E-state index contributed by atoms with van der Waals surface area (Å²) >= 11 is 1.50. The maximum absolute atomic E-state index is 12.0. The number of likely N-dealkylation sites (tertiary alicyclic amines) is 1. The van der Waals surface area contributed by atoms with E-state index in [2.05, 4.69) is 27.4 Å². The van der Waals surface area contributed by atoms with Crippen LogP contribution in [0.2, 0.25) is 0 Å². The van der Waals surface area contributed by atoms with Crippen molar-refractivity contribution in [1.82, 2.24) is 14.9 Å². The quantitative estimate of drug-likeness (QED) is 0.694. The molecule has 29 heavy (non-hydrogen) atoms. The first-order valence-corrected chi connectivity index (χ1v) is 10.3. The van der Waals surface area contributed by atoms with Crippen molar-refractivity contribution in [2.45, 2.75) is 18.8 Å². The molecular weight excluding hydrogens is 386 g/mol. The van der Waals surface area contributed by atoms with Crippen molar-refractivity contribution in [2.75, 3.05) is 32.1 Å². The molecule has 4 rings (SSSR count). The van der Waals surface area contributed by atoms with Gasteiger partial charge in [-0.3, -0.25) is 4.79 Å². The first-order valence-electron chi connectivity index (χ1n) is 9.46. The number of fused-ring (bicyclic) bond motifs is 1. The third-order valence-electron chi connectivity index (χ3n) is 5.12. The lowest BCUT2D eigenvalue weighted by Gasteiger charge is -2.32. The van der Waals surface area contributed by atoms with E-state index in [9.17, 15) is 4.79 Å². The number of aromatic nitrogens is 2. The van der Waals surface area contributed by atoms with Crippen molar-refractivity contribution in [3.05, 3.63) is 47.7 Å². The minimum atomic E-state index is 0.0541. The highest BCUT2D eigenvalue weighted by Crippen LogP contribution is 2.31. The monoisotopic (exact) mass is 407 g/mol. The summed E-state index contributed by atoms with van der Waals surface area (Å²) in [6.45, 7) is 1.64. The summed E-state index contributed by atoms with van der Waals surface area (Å²) in [5.74, 6) is 1.21. The average Bonchev–Trinajstić information content (AvgIpc) is 3.15. The highest BCUT2D eigenvalue weighted by atomic mass is 32.1. The van der Waals surface area contributed by atoms with Gasteiger partial charge >= 0.3 is 0 Å². The zero-order valence-corrected chi connectivity index (χ0v) is 16.9. The predicted octanol–water partition coefficient (Wildman–Crippen LogP) is 3.66. The molecule has 0 aliphatic carbocycles. The third kappa shape index (κ3) is 4.36. The number of carbonyl (C=O) groups excluding carboxylic acids is 1. The van der Waals surface area contributed by atoms with Gasteiger partial charge in [-0.1, -0.05) is 11.3 Å². The molecule has 0 bridgehead atoms. The Morgan fingerprint density at radius 3 is 2.93 bits per heavy atom. The van der Waals surface area contributed by atoms with Crippen molar-refractivity contribution in [3.8, 4) is 6.07 Å². The fourth-order valence-electron chi connectivity index (χ4n) is 3.60. The maximum Gasteiger partial charge on any atom is 0.248 e. The Morgan fingerprint density at radius 2 is 2.17 bits per heavy atom. The van der Waals surface area contributed by atoms with E-state index in [1.54, 1.807) is 19.4 Å². The number of carbonyl (C=O) groups is 1. The number of nitrogens with one attached hydrogen (secondary N) is 1. The van der Waals surface area contributed by atoms with Gasteiger partial charge in [0, 0.05) is 26.4 Å². The molecule has 1 aliphatic heterocycles. The van der Waals surface area contributed by atoms with Crippen LogP contribution in [-0.2, 0) is 9.53 Å². The molecule has 0 spiro atoms. The van der Waals surface area contributed by atoms with Gasteiger partial charge in [0.05, 0.1) is 21.8 Å². The highest BCUT2D eigenvalue weighted by molar-refractivity contribution is 7.22. The number of thiazole rings is 1. The van der Waals surface area contributed by atoms with Gasteiger partial charge in [-0.05, 0) is 54.7 Å². The molecule has 148 valence electrons. The Morgan fingerprint density at radius 1 is 1.34 bits per heavy atom. The normalized spacial score (nSPS) is 14.7. The van der Waals surface area contributed by atoms with Crippen molar-refractivity contribution in [1.29, 1.82) is 5.26 Å². The molecule has 0 unspecified atom stereocenters. The molecule has 8 heteroatoms. The minimum absolute atomic E-state index is 0.0541. The van der Waals surface area contributed by atoms with E-state index in [-0.39, 0.29) is 12.5 Å². The number of hydrogen-bond donors (Lipinski definition) is 1. The topological polar surface area (TPSA) is 91.1 Å². The van der Waals surface area contributed by atoms with Gasteiger partial charge in [0.1, 0.15) is 12.4 Å². The number of methoxy groups -OCH3 is 1. The fourth-order valence-corrected chi connectivity index (χ4v) is 4.52. The predicted molar refractivity (Wildman–Crippen MR) is 112 cm³/mol. The number of pyridine rings is 1. The van der Waals surface area contributed by atoms with Gasteiger partial charge in [-0.25, -0.2) is 9.97 Å². The van der Waals surface area contributed by atoms with Crippen LogP contribution in [-0.4, -0.2) is 47.6 Å². The van der Waals surface area contributed by atoms with E-state index >= 15 is 0 Å². The van der Waals surface area contributed by atoms with Gasteiger partial charge < -0.3 is 15.0 Å². The number of nitrogens with zero attached hydrogens (tertiary/aromatic N) is 4. The van der Waals surface area contributed by atoms with Gasteiger partial charge in [0.2, 0.25) is 5.91 Å². The zero-order chi connectivity index (χ0) is 20.2. The lowest BCUT2D eigenvalue weighted by Crippen LogP contribution is -2.39. The molecule has 2 aromatic heterocycles. The standard InChI is InChI=1S/C21H21N5O2S/c1-28-13-20(27)26-8-5-15(6-9-26)16-4-7-23-19(11-16)25-21-24-17-3-2-14(12-22)10-18(17)29-21/h2-4,7,10-11,15H,5-6,8-9,13H2,1H3,(H,23,24,25). The summed E-state index contributed by atoms with van der Waals surface area (Å²) in [6, 6.07) is 11.7. The highest BCUT2D eigenvalue weighted by Gasteiger charge is 2.24. The van der Waals surface area contributed by atoms with Gasteiger partial charge in [0.25, 0.3) is 0 Å². The number of rotatable bonds is 5. The Labute approximate surface area is 173 Å². The van der Waals surface area contributed by atoms with Crippen LogP contribution in [0.1, 0.15) is 29.9 Å². The maximum atomic E-state index is 12.0. The molecule has 3 aromatic rings. The first kappa shape index (κ1) is 19.3. The van der Waals surface area contributed by atoms with Crippen molar-refractivity contribution >= 4 is 38.4 Å². The van der Waals surface area contributed by atoms with Crippen LogP contribution in [0.15, 0.2) is 36.5 Å². The molecule has 1 fully saturated rings. The summed E-state index contributed by atoms with van der Waals surface area (Å²) in [5, 5.41) is 13.1. The number of hydrogen-bond acceptors (Lipinski definition) is 7. The molecule has 1 N–H and O–H groups in total. The van der Waals surface area contributed by atoms with Gasteiger partial charge in [-0.2, -0.15) is 5.26 Å². The SMILES string of the molecule is COCC(=O)N1CCC(c2ccnc(Nc3nc4ccc(C#N)cc4s3)c2)CC1. The Kier molecular flexibility index (Phi) is 5.69. The van der Waals surface area contributed by atoms with Crippen LogP contribution in [0.25, 0.3) is 10.2 Å². The Hall–Kier alpha value is -3.02. The van der Waals surface area contributed by atoms with Gasteiger partial charge in [-0.15, -0.1) is 0 Å². The van der Waals surface area contributed by atoms with Gasteiger partial charge in [0.15, 0.2) is 5.13 Å². The lowest BCUT2D eigenvalue weighted by molar-refractivity contribution is -0.136. The van der Waals surface area contributed by atoms with Crippen LogP contribution < -0.4 is 5.32 Å². The molecule has 3 heterocycles. The van der Waals surface area contributed by atoms with Crippen molar-refractivity contribution in [2.24, 2.45) is 0 Å². The third-order valence-corrected chi connectivity index (χ3v) is 6.06. The van der Waals surface area contributed by atoms with E-state index in [1.807, 2.05) is 23.1 Å². The number of ether oxygens (including phenoxy) is 1. The summed E-state index contributed by atoms with van der Waals surface area (Å²) in [6.07, 6.45) is 3.66. The summed E-state index contributed by atoms with van der Waals surface area (Å²) < 4.78 is 5.92. The number of nitriles is 1. The van der Waals surface area contributed by atoms with Crippen LogP contribution in [0.4, 0.5) is 10.9 Å². The van der Waals surface area contributed by atoms with Crippen LogP contribution in [0.3, 0.4) is 0 Å². The molecule has 1 aliphatic rings. The number of amides is 1. The molecule has 7 nitrogen and oxygen atoms in total. The molecule has 1 amide bonds. The second-order valence-electron chi connectivity index (χ2n) is 7.00. The average molecular weight is 407 g/mol. The van der Waals surface area contributed by atoms with E-state index in [0.29, 0.717) is 11.5 Å². The van der Waals surface area contributed by atoms with E-state index < -0.39 is 0 Å². The van der Waals surface area contributed by atoms with Crippen LogP contribution in [0.5, 0.6) is 0 Å². The van der Waals surface area contributed by atoms with Crippen molar-refractivity contribution in [3.63, 3.8) is 0 Å². The van der Waals surface area contributed by atoms with E-state index in [0.717, 1.165) is 47.1 Å². The zero-order valence-electron chi connectivity index (χ0n) is 16.1. The van der Waals surface area contributed by atoms with Crippen LogP contribution in [0, 0.1) is 11.3 Å². The molecular formula is C21H21N5O2S.